The molecule has 2 rings (SSSR count). The Balaban J connectivity index is 2.37. The van der Waals surface area contributed by atoms with Crippen LogP contribution >= 0.6 is 11.3 Å². The van der Waals surface area contributed by atoms with Crippen LogP contribution in [0.15, 0.2) is 35.7 Å². The van der Waals surface area contributed by atoms with Gasteiger partial charge in [-0.15, -0.1) is 11.3 Å². The average Bonchev–Trinajstić information content (AvgIpc) is 2.77. The van der Waals surface area contributed by atoms with Crippen molar-refractivity contribution in [3.8, 4) is 16.2 Å². The molecule has 2 heteroatoms. The fourth-order valence-corrected chi connectivity index (χ4v) is 2.43. The molecule has 0 saturated heterocycles. The van der Waals surface area contributed by atoms with Gasteiger partial charge in [0.05, 0.1) is 12.0 Å². The minimum Gasteiger partial charge on any atom is -0.495 e. The fourth-order valence-electron chi connectivity index (χ4n) is 1.56. The molecule has 0 aliphatic carbocycles. The van der Waals surface area contributed by atoms with Crippen LogP contribution in [-0.4, -0.2) is 7.11 Å². The van der Waals surface area contributed by atoms with Crippen LogP contribution in [0.2, 0.25) is 0 Å². The molecule has 1 nitrogen and oxygen atoms in total. The zero-order valence-corrected chi connectivity index (χ0v) is 9.80. The van der Waals surface area contributed by atoms with Crippen LogP contribution in [0.5, 0.6) is 5.75 Å². The van der Waals surface area contributed by atoms with Gasteiger partial charge in [0, 0.05) is 0 Å². The molecule has 1 heterocycles. The highest BCUT2D eigenvalue weighted by Gasteiger charge is 2.06. The summed E-state index contributed by atoms with van der Waals surface area (Å²) in [6.45, 7) is 2.17. The summed E-state index contributed by atoms with van der Waals surface area (Å²) in [6.07, 6.45) is 1.09. The van der Waals surface area contributed by atoms with E-state index in [1.165, 1.54) is 16.0 Å². The van der Waals surface area contributed by atoms with Gasteiger partial charge in [0.25, 0.3) is 0 Å². The third kappa shape index (κ3) is 2.05. The van der Waals surface area contributed by atoms with Crippen LogP contribution in [0.3, 0.4) is 0 Å². The molecule has 0 radical (unpaired) electrons. The van der Waals surface area contributed by atoms with Crippen LogP contribution in [0.4, 0.5) is 0 Å². The van der Waals surface area contributed by atoms with Gasteiger partial charge < -0.3 is 4.74 Å². The summed E-state index contributed by atoms with van der Waals surface area (Å²) in [4.78, 5) is 1.21. The van der Waals surface area contributed by atoms with E-state index in [1.807, 2.05) is 6.07 Å². The van der Waals surface area contributed by atoms with Crippen molar-refractivity contribution < 1.29 is 4.74 Å². The number of rotatable bonds is 3. The molecule has 0 atom stereocenters. The quantitative estimate of drug-likeness (QED) is 0.757. The van der Waals surface area contributed by atoms with Crippen LogP contribution in [0, 0.1) is 0 Å². The Kier molecular flexibility index (Phi) is 3.07. The Hall–Kier alpha value is -1.28. The first-order chi connectivity index (χ1) is 7.35. The van der Waals surface area contributed by atoms with Crippen LogP contribution in [0.25, 0.3) is 10.4 Å². The number of hydrogen-bond donors (Lipinski definition) is 0. The van der Waals surface area contributed by atoms with Crippen molar-refractivity contribution >= 4 is 11.3 Å². The monoisotopic (exact) mass is 218 g/mol. The first-order valence-electron chi connectivity index (χ1n) is 5.06. The average molecular weight is 218 g/mol. The second kappa shape index (κ2) is 4.49. The molecule has 2 aromatic rings. The lowest BCUT2D eigenvalue weighted by Gasteiger charge is -2.03. The zero-order chi connectivity index (χ0) is 10.7. The summed E-state index contributed by atoms with van der Waals surface area (Å²) in [5, 5.41) is 2.06. The van der Waals surface area contributed by atoms with E-state index in [2.05, 4.69) is 36.6 Å². The third-order valence-corrected chi connectivity index (χ3v) is 3.42. The first kappa shape index (κ1) is 10.2. The molecular weight excluding hydrogens is 204 g/mol. The van der Waals surface area contributed by atoms with Gasteiger partial charge in [0.1, 0.15) is 5.75 Å². The highest BCUT2D eigenvalue weighted by Crippen LogP contribution is 2.35. The van der Waals surface area contributed by atoms with Crippen LogP contribution in [-0.2, 0) is 6.42 Å². The highest BCUT2D eigenvalue weighted by atomic mass is 32.1. The molecule has 0 N–H and O–H groups in total. The van der Waals surface area contributed by atoms with Gasteiger partial charge in [-0.1, -0.05) is 31.2 Å². The van der Waals surface area contributed by atoms with Gasteiger partial charge in [-0.2, -0.15) is 0 Å². The molecule has 0 unspecified atom stereocenters. The fraction of sp³-hybridized carbons (Fsp3) is 0.231. The lowest BCUT2D eigenvalue weighted by atomic mass is 10.1. The van der Waals surface area contributed by atoms with Gasteiger partial charge in [0.2, 0.25) is 0 Å². The lowest BCUT2D eigenvalue weighted by Crippen LogP contribution is -1.83. The number of methoxy groups -OCH3 is 1. The number of benzene rings is 1. The predicted octanol–water partition coefficient (Wildman–Crippen LogP) is 3.99. The highest BCUT2D eigenvalue weighted by molar-refractivity contribution is 7.14. The molecule has 0 saturated carbocycles. The van der Waals surface area contributed by atoms with Gasteiger partial charge in [-0.25, -0.2) is 0 Å². The summed E-state index contributed by atoms with van der Waals surface area (Å²) < 4.78 is 5.31. The topological polar surface area (TPSA) is 9.23 Å². The van der Waals surface area contributed by atoms with E-state index in [9.17, 15) is 0 Å². The molecule has 0 aliphatic heterocycles. The summed E-state index contributed by atoms with van der Waals surface area (Å²) in [7, 11) is 1.71. The SMILES string of the molecule is CCc1ccc(-c2sccc2OC)cc1. The number of aryl methyl sites for hydroxylation is 1. The Labute approximate surface area is 94.3 Å². The van der Waals surface area contributed by atoms with Crippen molar-refractivity contribution in [1.82, 2.24) is 0 Å². The Morgan fingerprint density at radius 3 is 2.47 bits per heavy atom. The lowest BCUT2D eigenvalue weighted by molar-refractivity contribution is 0.418. The van der Waals surface area contributed by atoms with E-state index < -0.39 is 0 Å². The van der Waals surface area contributed by atoms with Crippen LogP contribution < -0.4 is 4.74 Å². The maximum atomic E-state index is 5.31. The minimum absolute atomic E-state index is 0.962. The molecule has 1 aromatic carbocycles. The van der Waals surface area contributed by atoms with Crippen molar-refractivity contribution in [2.45, 2.75) is 13.3 Å². The van der Waals surface area contributed by atoms with E-state index in [0.717, 1.165) is 12.2 Å². The van der Waals surface area contributed by atoms with E-state index in [4.69, 9.17) is 4.74 Å². The van der Waals surface area contributed by atoms with Crippen molar-refractivity contribution in [2.24, 2.45) is 0 Å². The van der Waals surface area contributed by atoms with E-state index in [-0.39, 0.29) is 0 Å². The van der Waals surface area contributed by atoms with Crippen molar-refractivity contribution in [3.05, 3.63) is 41.3 Å². The number of hydrogen-bond acceptors (Lipinski definition) is 2. The molecule has 78 valence electrons. The Morgan fingerprint density at radius 1 is 1.13 bits per heavy atom. The van der Waals surface area contributed by atoms with E-state index in [0.29, 0.717) is 0 Å². The molecule has 0 fully saturated rings. The van der Waals surface area contributed by atoms with E-state index in [1.54, 1.807) is 18.4 Å². The van der Waals surface area contributed by atoms with E-state index >= 15 is 0 Å². The zero-order valence-electron chi connectivity index (χ0n) is 8.99. The number of thiophene rings is 1. The first-order valence-corrected chi connectivity index (χ1v) is 5.94. The van der Waals surface area contributed by atoms with Gasteiger partial charge >= 0.3 is 0 Å². The second-order valence-corrected chi connectivity index (χ2v) is 4.28. The summed E-state index contributed by atoms with van der Waals surface area (Å²) in [5.41, 5.74) is 2.60. The van der Waals surface area contributed by atoms with Gasteiger partial charge in [-0.3, -0.25) is 0 Å². The predicted molar refractivity (Wildman–Crippen MR) is 65.7 cm³/mol. The molecule has 0 spiro atoms. The Morgan fingerprint density at radius 2 is 1.87 bits per heavy atom. The van der Waals surface area contributed by atoms with Crippen molar-refractivity contribution in [1.29, 1.82) is 0 Å². The Bertz CT molecular complexity index is 428. The molecule has 0 amide bonds. The normalized spacial score (nSPS) is 10.3. The van der Waals surface area contributed by atoms with Gasteiger partial charge in [-0.05, 0) is 29.0 Å². The van der Waals surface area contributed by atoms with Crippen LogP contribution in [0.1, 0.15) is 12.5 Å². The van der Waals surface area contributed by atoms with Crippen molar-refractivity contribution in [2.75, 3.05) is 7.11 Å². The molecule has 15 heavy (non-hydrogen) atoms. The maximum Gasteiger partial charge on any atom is 0.137 e. The third-order valence-electron chi connectivity index (χ3n) is 2.47. The van der Waals surface area contributed by atoms with Crippen molar-refractivity contribution in [3.63, 3.8) is 0 Å². The number of ether oxygens (including phenoxy) is 1. The molecule has 0 aliphatic rings. The standard InChI is InChI=1S/C13H14OS/c1-3-10-4-6-11(7-5-10)13-12(14-2)8-9-15-13/h4-9H,3H2,1-2H3. The second-order valence-electron chi connectivity index (χ2n) is 3.37. The minimum atomic E-state index is 0.962. The maximum absolute atomic E-state index is 5.31. The molecule has 0 bridgehead atoms. The molecular formula is C13H14OS. The largest absolute Gasteiger partial charge is 0.495 e. The molecule has 1 aromatic heterocycles. The smallest absolute Gasteiger partial charge is 0.137 e. The van der Waals surface area contributed by atoms with Gasteiger partial charge in [0.15, 0.2) is 0 Å². The summed E-state index contributed by atoms with van der Waals surface area (Å²) in [6, 6.07) is 10.7. The summed E-state index contributed by atoms with van der Waals surface area (Å²) in [5.74, 6) is 0.962. The summed E-state index contributed by atoms with van der Waals surface area (Å²) >= 11 is 1.72.